The third kappa shape index (κ3) is 6.07. The maximum Gasteiger partial charge on any atom is 0.253 e. The SMILES string of the molecule is O=C(N/N=C\c1ccccc1OCc1ccccc1)C1CCN(C(=O)c2ccc(F)cc2)CC1. The molecule has 0 aliphatic carbocycles. The molecular formula is C27H26FN3O3. The Balaban J connectivity index is 1.27. The van der Waals surface area contributed by atoms with Crippen LogP contribution in [0.15, 0.2) is 84.0 Å². The van der Waals surface area contributed by atoms with Gasteiger partial charge >= 0.3 is 0 Å². The normalized spacial score (nSPS) is 14.2. The predicted octanol–water partition coefficient (Wildman–Crippen LogP) is 4.41. The van der Waals surface area contributed by atoms with E-state index >= 15 is 0 Å². The van der Waals surface area contributed by atoms with Crippen LogP contribution in [0.3, 0.4) is 0 Å². The van der Waals surface area contributed by atoms with Crippen LogP contribution >= 0.6 is 0 Å². The van der Waals surface area contributed by atoms with E-state index in [2.05, 4.69) is 10.5 Å². The second kappa shape index (κ2) is 11.2. The average molecular weight is 460 g/mol. The Bertz CT molecular complexity index is 1140. The first-order chi connectivity index (χ1) is 16.6. The van der Waals surface area contributed by atoms with Gasteiger partial charge in [0.25, 0.3) is 5.91 Å². The van der Waals surface area contributed by atoms with Crippen molar-refractivity contribution in [2.24, 2.45) is 11.0 Å². The van der Waals surface area contributed by atoms with E-state index in [1.807, 2.05) is 54.6 Å². The summed E-state index contributed by atoms with van der Waals surface area (Å²) < 4.78 is 19.0. The molecular weight excluding hydrogens is 433 g/mol. The van der Waals surface area contributed by atoms with Gasteiger partial charge < -0.3 is 9.64 Å². The lowest BCUT2D eigenvalue weighted by atomic mass is 9.95. The van der Waals surface area contributed by atoms with Gasteiger partial charge in [-0.1, -0.05) is 42.5 Å². The molecule has 1 aliphatic rings. The zero-order valence-electron chi connectivity index (χ0n) is 18.7. The fourth-order valence-electron chi connectivity index (χ4n) is 3.83. The van der Waals surface area contributed by atoms with Crippen LogP contribution in [-0.4, -0.2) is 36.0 Å². The molecule has 0 saturated carbocycles. The molecule has 3 aromatic carbocycles. The molecule has 1 aliphatic heterocycles. The van der Waals surface area contributed by atoms with E-state index in [4.69, 9.17) is 4.74 Å². The Kier molecular flexibility index (Phi) is 7.65. The van der Waals surface area contributed by atoms with E-state index in [9.17, 15) is 14.0 Å². The minimum absolute atomic E-state index is 0.149. The molecule has 6 nitrogen and oxygen atoms in total. The van der Waals surface area contributed by atoms with Crippen LogP contribution in [0.5, 0.6) is 5.75 Å². The van der Waals surface area contributed by atoms with Gasteiger partial charge in [-0.3, -0.25) is 9.59 Å². The summed E-state index contributed by atoms with van der Waals surface area (Å²) in [5.41, 5.74) is 4.88. The van der Waals surface area contributed by atoms with Crippen molar-refractivity contribution >= 4 is 18.0 Å². The number of amides is 2. The Labute approximate surface area is 198 Å². The summed E-state index contributed by atoms with van der Waals surface area (Å²) in [5.74, 6) is -0.245. The average Bonchev–Trinajstić information content (AvgIpc) is 2.89. The largest absolute Gasteiger partial charge is 0.488 e. The fourth-order valence-corrected chi connectivity index (χ4v) is 3.83. The second-order valence-corrected chi connectivity index (χ2v) is 8.12. The van der Waals surface area contributed by atoms with Crippen molar-refractivity contribution in [2.45, 2.75) is 19.4 Å². The van der Waals surface area contributed by atoms with Gasteiger partial charge in [-0.2, -0.15) is 5.10 Å². The number of carbonyl (C=O) groups excluding carboxylic acids is 2. The molecule has 1 N–H and O–H groups in total. The monoisotopic (exact) mass is 459 g/mol. The molecule has 1 heterocycles. The van der Waals surface area contributed by atoms with Crippen LogP contribution in [0.1, 0.15) is 34.3 Å². The number of piperidine rings is 1. The Morgan fingerprint density at radius 2 is 1.65 bits per heavy atom. The number of hydrazone groups is 1. The molecule has 0 unspecified atom stereocenters. The smallest absolute Gasteiger partial charge is 0.253 e. The molecule has 0 atom stereocenters. The number of nitrogens with one attached hydrogen (secondary N) is 1. The standard InChI is InChI=1S/C27H26FN3O3/c28-24-12-10-22(11-13-24)27(33)31-16-14-21(15-17-31)26(32)30-29-18-23-8-4-5-9-25(23)34-19-20-6-2-1-3-7-20/h1-13,18,21H,14-17,19H2,(H,30,32)/b29-18-. The third-order valence-electron chi connectivity index (χ3n) is 5.78. The summed E-state index contributed by atoms with van der Waals surface area (Å²) in [6.07, 6.45) is 2.67. The Hall–Kier alpha value is -4.00. The molecule has 7 heteroatoms. The number of hydrogen-bond donors (Lipinski definition) is 1. The van der Waals surface area contributed by atoms with E-state index in [1.54, 1.807) is 11.1 Å². The van der Waals surface area contributed by atoms with Crippen LogP contribution in [0.4, 0.5) is 4.39 Å². The van der Waals surface area contributed by atoms with Crippen molar-refractivity contribution in [2.75, 3.05) is 13.1 Å². The summed E-state index contributed by atoms with van der Waals surface area (Å²) in [5, 5.41) is 4.12. The summed E-state index contributed by atoms with van der Waals surface area (Å²) in [6.45, 7) is 1.37. The van der Waals surface area contributed by atoms with Gasteiger partial charge in [0.1, 0.15) is 18.2 Å². The molecule has 2 amide bonds. The zero-order valence-corrected chi connectivity index (χ0v) is 18.7. The maximum absolute atomic E-state index is 13.1. The van der Waals surface area contributed by atoms with Gasteiger partial charge in [0.05, 0.1) is 6.21 Å². The fraction of sp³-hybridized carbons (Fsp3) is 0.222. The van der Waals surface area contributed by atoms with Crippen molar-refractivity contribution in [1.82, 2.24) is 10.3 Å². The van der Waals surface area contributed by atoms with E-state index < -0.39 is 0 Å². The number of ether oxygens (including phenoxy) is 1. The predicted molar refractivity (Wildman–Crippen MR) is 128 cm³/mol. The third-order valence-corrected chi connectivity index (χ3v) is 5.78. The summed E-state index contributed by atoms with van der Waals surface area (Å²) in [4.78, 5) is 26.8. The molecule has 0 radical (unpaired) electrons. The molecule has 0 spiro atoms. The van der Waals surface area contributed by atoms with Crippen molar-refractivity contribution in [3.63, 3.8) is 0 Å². The zero-order chi connectivity index (χ0) is 23.8. The van der Waals surface area contributed by atoms with Crippen molar-refractivity contribution < 1.29 is 18.7 Å². The molecule has 34 heavy (non-hydrogen) atoms. The Morgan fingerprint density at radius 1 is 0.971 bits per heavy atom. The van der Waals surface area contributed by atoms with Crippen LogP contribution < -0.4 is 10.2 Å². The lowest BCUT2D eigenvalue weighted by Crippen LogP contribution is -2.42. The van der Waals surface area contributed by atoms with E-state index in [0.29, 0.717) is 43.9 Å². The van der Waals surface area contributed by atoms with Crippen molar-refractivity contribution in [3.8, 4) is 5.75 Å². The maximum atomic E-state index is 13.1. The van der Waals surface area contributed by atoms with Crippen LogP contribution in [0.25, 0.3) is 0 Å². The van der Waals surface area contributed by atoms with Gasteiger partial charge in [0.15, 0.2) is 0 Å². The number of halogens is 1. The molecule has 0 bridgehead atoms. The lowest BCUT2D eigenvalue weighted by Gasteiger charge is -2.31. The molecule has 1 fully saturated rings. The summed E-state index contributed by atoms with van der Waals surface area (Å²) >= 11 is 0. The highest BCUT2D eigenvalue weighted by Crippen LogP contribution is 2.20. The van der Waals surface area contributed by atoms with Crippen LogP contribution in [-0.2, 0) is 11.4 Å². The number of hydrogen-bond acceptors (Lipinski definition) is 4. The highest BCUT2D eigenvalue weighted by molar-refractivity contribution is 5.94. The Morgan fingerprint density at radius 3 is 2.38 bits per heavy atom. The molecule has 1 saturated heterocycles. The first-order valence-electron chi connectivity index (χ1n) is 11.2. The summed E-state index contributed by atoms with van der Waals surface area (Å²) in [7, 11) is 0. The van der Waals surface area contributed by atoms with Gasteiger partial charge in [-0.15, -0.1) is 0 Å². The number of carbonyl (C=O) groups is 2. The quantitative estimate of drug-likeness (QED) is 0.420. The first-order valence-corrected chi connectivity index (χ1v) is 11.2. The van der Waals surface area contributed by atoms with Gasteiger partial charge in [0.2, 0.25) is 5.91 Å². The van der Waals surface area contributed by atoms with Crippen molar-refractivity contribution in [3.05, 3.63) is 101 Å². The second-order valence-electron chi connectivity index (χ2n) is 8.12. The van der Waals surface area contributed by atoms with Gasteiger partial charge in [0, 0.05) is 30.1 Å². The number of benzene rings is 3. The van der Waals surface area contributed by atoms with Gasteiger partial charge in [-0.05, 0) is 54.8 Å². The highest BCUT2D eigenvalue weighted by atomic mass is 19.1. The van der Waals surface area contributed by atoms with Gasteiger partial charge in [-0.25, -0.2) is 9.82 Å². The highest BCUT2D eigenvalue weighted by Gasteiger charge is 2.27. The number of nitrogens with zero attached hydrogens (tertiary/aromatic N) is 2. The van der Waals surface area contributed by atoms with E-state index in [0.717, 1.165) is 11.1 Å². The topological polar surface area (TPSA) is 71.0 Å². The minimum Gasteiger partial charge on any atom is -0.488 e. The summed E-state index contributed by atoms with van der Waals surface area (Å²) in [6, 6.07) is 22.9. The number of likely N-dealkylation sites (tertiary alicyclic amines) is 1. The molecule has 3 aromatic rings. The number of para-hydroxylation sites is 1. The van der Waals surface area contributed by atoms with E-state index in [1.165, 1.54) is 24.3 Å². The van der Waals surface area contributed by atoms with E-state index in [-0.39, 0.29) is 23.5 Å². The molecule has 174 valence electrons. The number of rotatable bonds is 7. The van der Waals surface area contributed by atoms with Crippen LogP contribution in [0, 0.1) is 11.7 Å². The molecule has 0 aromatic heterocycles. The molecule has 4 rings (SSSR count). The van der Waals surface area contributed by atoms with Crippen LogP contribution in [0.2, 0.25) is 0 Å². The van der Waals surface area contributed by atoms with Crippen molar-refractivity contribution in [1.29, 1.82) is 0 Å². The lowest BCUT2D eigenvalue weighted by molar-refractivity contribution is -0.126. The minimum atomic E-state index is -0.377. The first kappa shape index (κ1) is 23.2.